The third-order valence-corrected chi connectivity index (χ3v) is 5.01. The maximum absolute atomic E-state index is 12.4. The molecule has 3 N–H and O–H groups in total. The number of hydrogen-bond donors (Lipinski definition) is 2. The van der Waals surface area contributed by atoms with Crippen molar-refractivity contribution in [3.8, 4) is 5.69 Å². The number of amides is 1. The number of hydrogen-bond acceptors (Lipinski definition) is 3. The van der Waals surface area contributed by atoms with Gasteiger partial charge in [-0.2, -0.15) is 0 Å². The number of para-hydroxylation sites is 3. The van der Waals surface area contributed by atoms with E-state index in [2.05, 4.69) is 28.1 Å². The first-order valence-electron chi connectivity index (χ1n) is 9.27. The molecule has 1 aliphatic rings. The molecular weight excluding hydrogens is 324 g/mol. The van der Waals surface area contributed by atoms with E-state index in [4.69, 9.17) is 10.7 Å². The molecule has 1 heterocycles. The lowest BCUT2D eigenvalue weighted by Gasteiger charge is -2.16. The van der Waals surface area contributed by atoms with Crippen LogP contribution in [0.5, 0.6) is 0 Å². The van der Waals surface area contributed by atoms with Crippen LogP contribution in [0.4, 0.5) is 0 Å². The number of nitrogens with two attached hydrogens (primary N) is 1. The molecule has 1 aromatic heterocycles. The second-order valence-electron chi connectivity index (χ2n) is 6.93. The van der Waals surface area contributed by atoms with Crippen LogP contribution in [0.15, 0.2) is 54.6 Å². The highest BCUT2D eigenvalue weighted by molar-refractivity contribution is 5.79. The Bertz CT molecular complexity index is 899. The van der Waals surface area contributed by atoms with Gasteiger partial charge in [0.05, 0.1) is 11.0 Å². The summed E-state index contributed by atoms with van der Waals surface area (Å²) in [4.78, 5) is 17.1. The number of nitrogens with one attached hydrogen (secondary N) is 1. The van der Waals surface area contributed by atoms with Gasteiger partial charge in [-0.3, -0.25) is 9.36 Å². The lowest BCUT2D eigenvalue weighted by Crippen LogP contribution is -2.41. The second kappa shape index (κ2) is 7.30. The maximum atomic E-state index is 12.4. The zero-order valence-electron chi connectivity index (χ0n) is 14.8. The van der Waals surface area contributed by atoms with Crippen LogP contribution in [0.3, 0.4) is 0 Å². The Morgan fingerprint density at radius 2 is 1.88 bits per heavy atom. The van der Waals surface area contributed by atoms with Gasteiger partial charge in [0.15, 0.2) is 0 Å². The summed E-state index contributed by atoms with van der Waals surface area (Å²) in [5.74, 6) is 1.53. The zero-order chi connectivity index (χ0) is 17.9. The normalized spacial score (nSPS) is 15.1. The molecule has 134 valence electrons. The standard InChI is InChI=1S/C21H24N4O/c22-14-18(15-10-11-15)24-21(26)13-12-20-23-17-8-4-5-9-19(17)25(20)16-6-2-1-3-7-16/h1-9,15,18H,10-14,22H2,(H,24,26). The molecule has 26 heavy (non-hydrogen) atoms. The van der Waals surface area contributed by atoms with Gasteiger partial charge in [0.1, 0.15) is 5.82 Å². The van der Waals surface area contributed by atoms with Gasteiger partial charge < -0.3 is 11.1 Å². The van der Waals surface area contributed by atoms with Crippen molar-refractivity contribution in [2.24, 2.45) is 11.7 Å². The van der Waals surface area contributed by atoms with E-state index in [1.54, 1.807) is 0 Å². The van der Waals surface area contributed by atoms with E-state index in [1.165, 1.54) is 12.8 Å². The van der Waals surface area contributed by atoms with Crippen LogP contribution < -0.4 is 11.1 Å². The number of rotatable bonds is 7. The summed E-state index contributed by atoms with van der Waals surface area (Å²) < 4.78 is 2.14. The topological polar surface area (TPSA) is 72.9 Å². The number of benzene rings is 2. The first-order valence-corrected chi connectivity index (χ1v) is 9.27. The number of nitrogens with zero attached hydrogens (tertiary/aromatic N) is 2. The van der Waals surface area contributed by atoms with Gasteiger partial charge in [0.25, 0.3) is 0 Å². The number of aromatic nitrogens is 2. The maximum Gasteiger partial charge on any atom is 0.220 e. The van der Waals surface area contributed by atoms with Crippen molar-refractivity contribution in [2.45, 2.75) is 31.7 Å². The molecule has 1 fully saturated rings. The molecule has 3 aromatic rings. The van der Waals surface area contributed by atoms with Crippen LogP contribution in [0.1, 0.15) is 25.1 Å². The van der Waals surface area contributed by atoms with Crippen LogP contribution in [-0.4, -0.2) is 28.0 Å². The average Bonchev–Trinajstić information content (AvgIpc) is 3.45. The van der Waals surface area contributed by atoms with Crippen molar-refractivity contribution in [1.82, 2.24) is 14.9 Å². The van der Waals surface area contributed by atoms with Gasteiger partial charge in [-0.15, -0.1) is 0 Å². The van der Waals surface area contributed by atoms with Crippen LogP contribution in [0.2, 0.25) is 0 Å². The Morgan fingerprint density at radius 1 is 1.15 bits per heavy atom. The predicted molar refractivity (Wildman–Crippen MR) is 103 cm³/mol. The van der Waals surface area contributed by atoms with Gasteiger partial charge >= 0.3 is 0 Å². The van der Waals surface area contributed by atoms with Crippen LogP contribution in [0, 0.1) is 5.92 Å². The van der Waals surface area contributed by atoms with Crippen LogP contribution in [-0.2, 0) is 11.2 Å². The first-order chi connectivity index (χ1) is 12.8. The number of carbonyl (C=O) groups excluding carboxylic acids is 1. The largest absolute Gasteiger partial charge is 0.352 e. The van der Waals surface area contributed by atoms with E-state index in [0.29, 0.717) is 25.3 Å². The molecule has 1 aliphatic carbocycles. The molecule has 5 nitrogen and oxygen atoms in total. The molecule has 1 amide bonds. The van der Waals surface area contributed by atoms with Gasteiger partial charge in [-0.05, 0) is 43.0 Å². The molecule has 0 bridgehead atoms. The summed E-state index contributed by atoms with van der Waals surface area (Å²) in [5, 5.41) is 3.09. The fourth-order valence-electron chi connectivity index (χ4n) is 3.48. The summed E-state index contributed by atoms with van der Waals surface area (Å²) in [6, 6.07) is 18.4. The number of aryl methyl sites for hydroxylation is 1. The molecule has 0 spiro atoms. The van der Waals surface area contributed by atoms with Crippen molar-refractivity contribution >= 4 is 16.9 Å². The minimum Gasteiger partial charge on any atom is -0.352 e. The fourth-order valence-corrected chi connectivity index (χ4v) is 3.48. The Hall–Kier alpha value is -2.66. The van der Waals surface area contributed by atoms with E-state index in [0.717, 1.165) is 22.5 Å². The monoisotopic (exact) mass is 348 g/mol. The van der Waals surface area contributed by atoms with Crippen molar-refractivity contribution in [2.75, 3.05) is 6.54 Å². The third-order valence-electron chi connectivity index (χ3n) is 5.01. The van der Waals surface area contributed by atoms with E-state index >= 15 is 0 Å². The predicted octanol–water partition coefficient (Wildman–Crippen LogP) is 2.81. The Kier molecular flexibility index (Phi) is 4.71. The van der Waals surface area contributed by atoms with Gasteiger partial charge in [-0.1, -0.05) is 30.3 Å². The minimum absolute atomic E-state index is 0.0546. The van der Waals surface area contributed by atoms with E-state index < -0.39 is 0 Å². The van der Waals surface area contributed by atoms with Crippen LogP contribution in [0.25, 0.3) is 16.7 Å². The lowest BCUT2D eigenvalue weighted by atomic mass is 10.1. The molecule has 1 saturated carbocycles. The van der Waals surface area contributed by atoms with E-state index in [-0.39, 0.29) is 11.9 Å². The van der Waals surface area contributed by atoms with E-state index in [9.17, 15) is 4.79 Å². The Morgan fingerprint density at radius 3 is 2.62 bits per heavy atom. The molecule has 0 radical (unpaired) electrons. The number of fused-ring (bicyclic) bond motifs is 1. The highest BCUT2D eigenvalue weighted by atomic mass is 16.1. The SMILES string of the molecule is NCC(NC(=O)CCc1nc2ccccc2n1-c1ccccc1)C1CC1. The van der Waals surface area contributed by atoms with Crippen molar-refractivity contribution in [3.63, 3.8) is 0 Å². The summed E-state index contributed by atoms with van der Waals surface area (Å²) >= 11 is 0. The zero-order valence-corrected chi connectivity index (χ0v) is 14.8. The van der Waals surface area contributed by atoms with Crippen LogP contribution >= 0.6 is 0 Å². The molecule has 4 rings (SSSR count). The van der Waals surface area contributed by atoms with Gasteiger partial charge in [0.2, 0.25) is 5.91 Å². The third kappa shape index (κ3) is 3.48. The Balaban J connectivity index is 1.55. The molecular formula is C21H24N4O. The van der Waals surface area contributed by atoms with Crippen molar-refractivity contribution < 1.29 is 4.79 Å². The molecule has 1 atom stereocenters. The van der Waals surface area contributed by atoms with Crippen molar-refractivity contribution in [3.05, 3.63) is 60.4 Å². The van der Waals surface area contributed by atoms with E-state index in [1.807, 2.05) is 36.4 Å². The Labute approximate surface area is 153 Å². The minimum atomic E-state index is 0.0546. The summed E-state index contributed by atoms with van der Waals surface area (Å²) in [6.45, 7) is 0.513. The first kappa shape index (κ1) is 16.8. The number of imidazole rings is 1. The average molecular weight is 348 g/mol. The van der Waals surface area contributed by atoms with Gasteiger partial charge in [0, 0.05) is 31.1 Å². The summed E-state index contributed by atoms with van der Waals surface area (Å²) in [6.07, 6.45) is 3.36. The summed E-state index contributed by atoms with van der Waals surface area (Å²) in [5.41, 5.74) is 8.86. The van der Waals surface area contributed by atoms with Crippen molar-refractivity contribution in [1.29, 1.82) is 0 Å². The highest BCUT2D eigenvalue weighted by Gasteiger charge is 2.31. The summed E-state index contributed by atoms with van der Waals surface area (Å²) in [7, 11) is 0. The smallest absolute Gasteiger partial charge is 0.220 e. The lowest BCUT2D eigenvalue weighted by molar-refractivity contribution is -0.121. The molecule has 5 heteroatoms. The second-order valence-corrected chi connectivity index (χ2v) is 6.93. The van der Waals surface area contributed by atoms with Gasteiger partial charge in [-0.25, -0.2) is 4.98 Å². The highest BCUT2D eigenvalue weighted by Crippen LogP contribution is 2.32. The molecule has 2 aromatic carbocycles. The molecule has 0 aliphatic heterocycles. The quantitative estimate of drug-likeness (QED) is 0.689. The molecule has 1 unspecified atom stereocenters. The molecule has 0 saturated heterocycles. The number of carbonyl (C=O) groups is 1. The fraction of sp³-hybridized carbons (Fsp3) is 0.333.